The standard InChI is InChI=1S/C18H18Cl2N4O/c1-11(2)22-18(25)14(9-21)8-15-12(3)23-24(17(15)20)10-13-6-4-5-7-16(13)19/h4-8,11H,10H2,1-3H3,(H,22,25)/b14-8+. The lowest BCUT2D eigenvalue weighted by Crippen LogP contribution is -2.30. The van der Waals surface area contributed by atoms with Crippen LogP contribution in [0.1, 0.15) is 30.7 Å². The van der Waals surface area contributed by atoms with Gasteiger partial charge in [0.2, 0.25) is 0 Å². The predicted molar refractivity (Wildman–Crippen MR) is 99.4 cm³/mol. The van der Waals surface area contributed by atoms with Crippen LogP contribution in [-0.2, 0) is 11.3 Å². The van der Waals surface area contributed by atoms with Crippen LogP contribution in [0.3, 0.4) is 0 Å². The van der Waals surface area contributed by atoms with Gasteiger partial charge in [-0.25, -0.2) is 4.68 Å². The van der Waals surface area contributed by atoms with Crippen molar-refractivity contribution in [2.75, 3.05) is 0 Å². The van der Waals surface area contributed by atoms with Gasteiger partial charge in [0, 0.05) is 16.6 Å². The van der Waals surface area contributed by atoms with Crippen molar-refractivity contribution < 1.29 is 4.79 Å². The number of halogens is 2. The lowest BCUT2D eigenvalue weighted by Gasteiger charge is -2.07. The van der Waals surface area contributed by atoms with E-state index in [4.69, 9.17) is 23.2 Å². The van der Waals surface area contributed by atoms with Crippen molar-refractivity contribution in [3.63, 3.8) is 0 Å². The number of aromatic nitrogens is 2. The second kappa shape index (κ2) is 8.19. The summed E-state index contributed by atoms with van der Waals surface area (Å²) in [7, 11) is 0. The molecule has 0 saturated heterocycles. The first-order valence-corrected chi connectivity index (χ1v) is 8.48. The van der Waals surface area contributed by atoms with E-state index < -0.39 is 5.91 Å². The number of aryl methyl sites for hydroxylation is 1. The molecule has 2 aromatic rings. The molecule has 0 aliphatic heterocycles. The maximum absolute atomic E-state index is 12.1. The molecule has 0 unspecified atom stereocenters. The maximum Gasteiger partial charge on any atom is 0.262 e. The molecule has 0 saturated carbocycles. The Kier molecular flexibility index (Phi) is 6.24. The topological polar surface area (TPSA) is 70.7 Å². The van der Waals surface area contributed by atoms with Crippen molar-refractivity contribution in [2.45, 2.75) is 33.4 Å². The molecule has 2 rings (SSSR count). The number of hydrogen-bond donors (Lipinski definition) is 1. The number of rotatable bonds is 5. The molecule has 1 heterocycles. The van der Waals surface area contributed by atoms with E-state index in [1.165, 1.54) is 6.08 Å². The van der Waals surface area contributed by atoms with Crippen LogP contribution < -0.4 is 5.32 Å². The van der Waals surface area contributed by atoms with E-state index in [1.54, 1.807) is 17.7 Å². The number of hydrogen-bond acceptors (Lipinski definition) is 3. The average molecular weight is 377 g/mol. The molecule has 7 heteroatoms. The summed E-state index contributed by atoms with van der Waals surface area (Å²) < 4.78 is 1.60. The van der Waals surface area contributed by atoms with E-state index in [-0.39, 0.29) is 11.6 Å². The third-order valence-corrected chi connectivity index (χ3v) is 4.23. The molecule has 0 radical (unpaired) electrons. The van der Waals surface area contributed by atoms with Gasteiger partial charge in [0.05, 0.1) is 12.2 Å². The molecule has 0 fully saturated rings. The van der Waals surface area contributed by atoms with Crippen LogP contribution in [0.15, 0.2) is 29.8 Å². The Balaban J connectivity index is 2.36. The van der Waals surface area contributed by atoms with Crippen molar-refractivity contribution in [3.8, 4) is 6.07 Å². The van der Waals surface area contributed by atoms with Crippen molar-refractivity contribution >= 4 is 35.2 Å². The zero-order valence-corrected chi connectivity index (χ0v) is 15.7. The second-order valence-corrected chi connectivity index (χ2v) is 6.60. The fourth-order valence-corrected chi connectivity index (χ4v) is 2.74. The molecule has 1 aromatic heterocycles. The molecule has 0 atom stereocenters. The fraction of sp³-hybridized carbons (Fsp3) is 0.278. The van der Waals surface area contributed by atoms with Gasteiger partial charge in [-0.2, -0.15) is 10.4 Å². The van der Waals surface area contributed by atoms with Gasteiger partial charge in [-0.3, -0.25) is 4.79 Å². The SMILES string of the molecule is Cc1nn(Cc2ccccc2Cl)c(Cl)c1/C=C(\C#N)C(=O)NC(C)C. The predicted octanol–water partition coefficient (Wildman–Crippen LogP) is 3.98. The zero-order valence-electron chi connectivity index (χ0n) is 14.2. The number of nitriles is 1. The van der Waals surface area contributed by atoms with E-state index in [2.05, 4.69) is 10.4 Å². The van der Waals surface area contributed by atoms with Gasteiger partial charge in [-0.15, -0.1) is 0 Å². The smallest absolute Gasteiger partial charge is 0.262 e. The van der Waals surface area contributed by atoms with Crippen molar-refractivity contribution in [1.29, 1.82) is 5.26 Å². The molecule has 0 spiro atoms. The molecule has 1 amide bonds. The zero-order chi connectivity index (χ0) is 18.6. The number of nitrogens with one attached hydrogen (secondary N) is 1. The molecular weight excluding hydrogens is 359 g/mol. The van der Waals surface area contributed by atoms with E-state index in [0.717, 1.165) is 5.56 Å². The van der Waals surface area contributed by atoms with Crippen LogP contribution in [0.4, 0.5) is 0 Å². The highest BCUT2D eigenvalue weighted by Gasteiger charge is 2.16. The quantitative estimate of drug-likeness (QED) is 0.633. The highest BCUT2D eigenvalue weighted by molar-refractivity contribution is 6.32. The van der Waals surface area contributed by atoms with Gasteiger partial charge >= 0.3 is 0 Å². The Morgan fingerprint density at radius 1 is 1.40 bits per heavy atom. The summed E-state index contributed by atoms with van der Waals surface area (Å²) in [4.78, 5) is 12.1. The Bertz CT molecular complexity index is 862. The first-order chi connectivity index (χ1) is 11.8. The number of nitrogens with zero attached hydrogens (tertiary/aromatic N) is 3. The normalized spacial score (nSPS) is 11.5. The van der Waals surface area contributed by atoms with E-state index in [1.807, 2.05) is 38.1 Å². The van der Waals surface area contributed by atoms with Gasteiger partial charge < -0.3 is 5.32 Å². The minimum absolute atomic E-state index is 0.0176. The summed E-state index contributed by atoms with van der Waals surface area (Å²) in [5, 5.41) is 17.3. The molecule has 0 aliphatic rings. The summed E-state index contributed by atoms with van der Waals surface area (Å²) in [5.41, 5.74) is 2.03. The lowest BCUT2D eigenvalue weighted by atomic mass is 10.1. The molecule has 0 bridgehead atoms. The molecule has 0 aliphatic carbocycles. The molecular formula is C18H18Cl2N4O. The van der Waals surface area contributed by atoms with Crippen LogP contribution >= 0.6 is 23.2 Å². The molecule has 130 valence electrons. The van der Waals surface area contributed by atoms with E-state index in [0.29, 0.717) is 28.0 Å². The minimum atomic E-state index is -0.438. The van der Waals surface area contributed by atoms with Crippen LogP contribution in [0, 0.1) is 18.3 Å². The first-order valence-electron chi connectivity index (χ1n) is 7.72. The van der Waals surface area contributed by atoms with Crippen LogP contribution in [-0.4, -0.2) is 21.7 Å². The molecule has 25 heavy (non-hydrogen) atoms. The number of carbonyl (C=O) groups is 1. The highest BCUT2D eigenvalue weighted by atomic mass is 35.5. The van der Waals surface area contributed by atoms with Gasteiger partial charge in [-0.05, 0) is 38.5 Å². The number of carbonyl (C=O) groups excluding carboxylic acids is 1. The summed E-state index contributed by atoms with van der Waals surface area (Å²) in [6, 6.07) is 9.27. The maximum atomic E-state index is 12.1. The van der Waals surface area contributed by atoms with Gasteiger partial charge in [0.15, 0.2) is 0 Å². The van der Waals surface area contributed by atoms with Gasteiger partial charge in [0.25, 0.3) is 5.91 Å². The van der Waals surface area contributed by atoms with Crippen molar-refractivity contribution in [3.05, 3.63) is 56.8 Å². The Morgan fingerprint density at radius 3 is 2.68 bits per heavy atom. The third kappa shape index (κ3) is 4.62. The Hall–Kier alpha value is -2.29. The molecule has 1 N–H and O–H groups in total. The first kappa shape index (κ1) is 19.0. The summed E-state index contributed by atoms with van der Waals surface area (Å²) in [6.45, 7) is 5.82. The minimum Gasteiger partial charge on any atom is -0.349 e. The van der Waals surface area contributed by atoms with E-state index >= 15 is 0 Å². The largest absolute Gasteiger partial charge is 0.349 e. The Morgan fingerprint density at radius 2 is 2.08 bits per heavy atom. The van der Waals surface area contributed by atoms with Gasteiger partial charge in [0.1, 0.15) is 16.8 Å². The molecule has 5 nitrogen and oxygen atoms in total. The van der Waals surface area contributed by atoms with Crippen molar-refractivity contribution in [2.24, 2.45) is 0 Å². The average Bonchev–Trinajstić information content (AvgIpc) is 2.80. The molecule has 1 aromatic carbocycles. The Labute approximate surface area is 156 Å². The summed E-state index contributed by atoms with van der Waals surface area (Å²) in [6.07, 6.45) is 1.46. The van der Waals surface area contributed by atoms with Gasteiger partial charge in [-0.1, -0.05) is 41.4 Å². The second-order valence-electron chi connectivity index (χ2n) is 5.84. The summed E-state index contributed by atoms with van der Waals surface area (Å²) in [5.74, 6) is -0.438. The number of amides is 1. The van der Waals surface area contributed by atoms with Crippen LogP contribution in [0.5, 0.6) is 0 Å². The summed E-state index contributed by atoms with van der Waals surface area (Å²) >= 11 is 12.6. The highest BCUT2D eigenvalue weighted by Crippen LogP contribution is 2.25. The van der Waals surface area contributed by atoms with Crippen LogP contribution in [0.25, 0.3) is 6.08 Å². The third-order valence-electron chi connectivity index (χ3n) is 3.46. The lowest BCUT2D eigenvalue weighted by molar-refractivity contribution is -0.117. The monoisotopic (exact) mass is 376 g/mol. The van der Waals surface area contributed by atoms with Crippen molar-refractivity contribution in [1.82, 2.24) is 15.1 Å². The number of benzene rings is 1. The van der Waals surface area contributed by atoms with E-state index in [9.17, 15) is 10.1 Å². The van der Waals surface area contributed by atoms with Crippen LogP contribution in [0.2, 0.25) is 10.2 Å². The fourth-order valence-electron chi connectivity index (χ4n) is 2.26.